The third-order valence-electron chi connectivity index (χ3n) is 11.3. The zero-order valence-electron chi connectivity index (χ0n) is 30.4. The number of hydrogen-bond acceptors (Lipinski definition) is 4. The number of para-hydroxylation sites is 3. The van der Waals surface area contributed by atoms with Crippen molar-refractivity contribution in [2.75, 3.05) is 4.90 Å². The lowest BCUT2D eigenvalue weighted by atomic mass is 9.64. The van der Waals surface area contributed by atoms with Crippen molar-refractivity contribution in [3.8, 4) is 56.4 Å². The van der Waals surface area contributed by atoms with Gasteiger partial charge in [0.1, 0.15) is 0 Å². The Labute approximate surface area is 326 Å². The van der Waals surface area contributed by atoms with Crippen molar-refractivity contribution in [2.45, 2.75) is 5.41 Å². The number of hydrogen-bond donors (Lipinski definition) is 0. The van der Waals surface area contributed by atoms with E-state index in [0.29, 0.717) is 17.5 Å². The molecule has 1 aliphatic carbocycles. The van der Waals surface area contributed by atoms with Gasteiger partial charge in [-0.05, 0) is 74.8 Å². The maximum absolute atomic E-state index is 5.27. The van der Waals surface area contributed by atoms with Gasteiger partial charge in [0.2, 0.25) is 0 Å². The summed E-state index contributed by atoms with van der Waals surface area (Å²) in [7, 11) is 0. The van der Waals surface area contributed by atoms with Gasteiger partial charge in [-0.3, -0.25) is 0 Å². The van der Waals surface area contributed by atoms with E-state index in [1.165, 1.54) is 33.4 Å². The van der Waals surface area contributed by atoms with Crippen LogP contribution >= 0.6 is 0 Å². The summed E-state index contributed by atoms with van der Waals surface area (Å²) in [6.45, 7) is 0. The number of nitrogens with zero attached hydrogens (tertiary/aromatic N) is 4. The fourth-order valence-electron chi connectivity index (χ4n) is 8.99. The topological polar surface area (TPSA) is 41.9 Å². The summed E-state index contributed by atoms with van der Waals surface area (Å²) in [6, 6.07) is 73.4. The van der Waals surface area contributed by atoms with Gasteiger partial charge in [-0.2, -0.15) is 0 Å². The van der Waals surface area contributed by atoms with E-state index in [-0.39, 0.29) is 0 Å². The Morgan fingerprint density at radius 2 is 0.804 bits per heavy atom. The minimum absolute atomic E-state index is 0.619. The highest BCUT2D eigenvalue weighted by Gasteiger charge is 2.52. The minimum Gasteiger partial charge on any atom is -0.310 e. The van der Waals surface area contributed by atoms with Gasteiger partial charge in [0.05, 0.1) is 16.8 Å². The Morgan fingerprint density at radius 3 is 1.39 bits per heavy atom. The fourth-order valence-corrected chi connectivity index (χ4v) is 8.99. The first-order valence-corrected chi connectivity index (χ1v) is 19.0. The SMILES string of the molecule is c1ccc(-c2ccc3c(c2)-c2c(-c4nc(-c5ccccc5)nc(-c5ccccc5)n4)cccc2C32c3ccccc3N(c3ccccc3)c3ccccc32)cc1. The number of aromatic nitrogens is 3. The predicted octanol–water partition coefficient (Wildman–Crippen LogP) is 12.7. The summed E-state index contributed by atoms with van der Waals surface area (Å²) in [5.41, 5.74) is 15.3. The van der Waals surface area contributed by atoms with E-state index in [9.17, 15) is 0 Å². The second kappa shape index (κ2) is 12.9. The van der Waals surface area contributed by atoms with Gasteiger partial charge in [-0.15, -0.1) is 0 Å². The summed E-state index contributed by atoms with van der Waals surface area (Å²) >= 11 is 0. The Morgan fingerprint density at radius 1 is 0.321 bits per heavy atom. The first kappa shape index (κ1) is 32.0. The van der Waals surface area contributed by atoms with Crippen LogP contribution in [0.15, 0.2) is 206 Å². The van der Waals surface area contributed by atoms with Crippen LogP contribution in [-0.4, -0.2) is 15.0 Å². The van der Waals surface area contributed by atoms with E-state index in [1.54, 1.807) is 0 Å². The molecule has 0 atom stereocenters. The second-order valence-electron chi connectivity index (χ2n) is 14.3. The lowest BCUT2D eigenvalue weighted by molar-refractivity contribution is 0.753. The van der Waals surface area contributed by atoms with E-state index in [0.717, 1.165) is 44.9 Å². The fraction of sp³-hybridized carbons (Fsp3) is 0.0192. The van der Waals surface area contributed by atoms with E-state index >= 15 is 0 Å². The van der Waals surface area contributed by atoms with Gasteiger partial charge in [0.25, 0.3) is 0 Å². The van der Waals surface area contributed by atoms with Crippen LogP contribution in [0.25, 0.3) is 56.4 Å². The van der Waals surface area contributed by atoms with Gasteiger partial charge in [0.15, 0.2) is 17.5 Å². The van der Waals surface area contributed by atoms with Crippen molar-refractivity contribution in [1.82, 2.24) is 15.0 Å². The van der Waals surface area contributed by atoms with Crippen molar-refractivity contribution in [1.29, 1.82) is 0 Å². The third kappa shape index (κ3) is 4.83. The normalized spacial score (nSPS) is 13.1. The quantitative estimate of drug-likeness (QED) is 0.178. The maximum atomic E-state index is 5.27. The molecule has 4 heteroatoms. The van der Waals surface area contributed by atoms with Gasteiger partial charge in [0, 0.05) is 22.4 Å². The molecule has 2 heterocycles. The summed E-state index contributed by atoms with van der Waals surface area (Å²) in [5, 5.41) is 0. The number of fused-ring (bicyclic) bond motifs is 9. The Balaban J connectivity index is 1.25. The molecule has 11 rings (SSSR count). The van der Waals surface area contributed by atoms with Crippen LogP contribution in [0.5, 0.6) is 0 Å². The molecule has 0 saturated carbocycles. The Kier molecular flexibility index (Phi) is 7.36. The molecule has 1 aliphatic heterocycles. The lowest BCUT2D eigenvalue weighted by Crippen LogP contribution is -2.36. The highest BCUT2D eigenvalue weighted by Crippen LogP contribution is 2.64. The molecule has 262 valence electrons. The molecule has 2 aliphatic rings. The first-order valence-electron chi connectivity index (χ1n) is 19.0. The summed E-state index contributed by atoms with van der Waals surface area (Å²) in [5.74, 6) is 1.93. The van der Waals surface area contributed by atoms with Crippen molar-refractivity contribution >= 4 is 17.1 Å². The molecule has 8 aromatic carbocycles. The molecule has 0 amide bonds. The van der Waals surface area contributed by atoms with Crippen LogP contribution in [0, 0.1) is 0 Å². The molecular formula is C52H34N4. The van der Waals surface area contributed by atoms with Gasteiger partial charge in [-0.25, -0.2) is 15.0 Å². The predicted molar refractivity (Wildman–Crippen MR) is 227 cm³/mol. The molecule has 4 nitrogen and oxygen atoms in total. The van der Waals surface area contributed by atoms with Crippen LogP contribution in [0.4, 0.5) is 17.1 Å². The molecule has 0 saturated heterocycles. The van der Waals surface area contributed by atoms with Gasteiger partial charge in [-0.1, -0.05) is 176 Å². The van der Waals surface area contributed by atoms with Gasteiger partial charge < -0.3 is 4.90 Å². The monoisotopic (exact) mass is 714 g/mol. The molecular weight excluding hydrogens is 681 g/mol. The van der Waals surface area contributed by atoms with Crippen molar-refractivity contribution in [2.24, 2.45) is 0 Å². The third-order valence-corrected chi connectivity index (χ3v) is 11.3. The van der Waals surface area contributed by atoms with E-state index < -0.39 is 5.41 Å². The standard InChI is InChI=1S/C52H34N4/c1-5-18-35(19-6-1)38-32-33-42-41(34-38)48-40(51-54-49(36-20-7-2-8-21-36)53-50(55-51)37-22-9-3-10-23-37)26-17-29-45(48)52(42)43-27-13-15-30-46(43)56(39-24-11-4-12-25-39)47-31-16-14-28-44(47)52/h1-34H. The average Bonchev–Trinajstić information content (AvgIpc) is 3.58. The smallest absolute Gasteiger partial charge is 0.164 e. The summed E-state index contributed by atoms with van der Waals surface area (Å²) < 4.78 is 0. The van der Waals surface area contributed by atoms with Crippen LogP contribution in [0.3, 0.4) is 0 Å². The van der Waals surface area contributed by atoms with E-state index in [2.05, 4.69) is 175 Å². The largest absolute Gasteiger partial charge is 0.310 e. The van der Waals surface area contributed by atoms with Crippen molar-refractivity contribution < 1.29 is 0 Å². The summed E-state index contributed by atoms with van der Waals surface area (Å²) in [6.07, 6.45) is 0. The number of anilines is 3. The summed E-state index contributed by atoms with van der Waals surface area (Å²) in [4.78, 5) is 18.0. The minimum atomic E-state index is -0.619. The zero-order chi connectivity index (χ0) is 37.1. The van der Waals surface area contributed by atoms with Crippen molar-refractivity contribution in [3.63, 3.8) is 0 Å². The molecule has 9 aromatic rings. The van der Waals surface area contributed by atoms with Crippen molar-refractivity contribution in [3.05, 3.63) is 229 Å². The number of rotatable bonds is 5. The molecule has 1 spiro atoms. The molecule has 0 N–H and O–H groups in total. The first-order chi connectivity index (χ1) is 27.8. The van der Waals surface area contributed by atoms with Crippen LogP contribution in [0.2, 0.25) is 0 Å². The Bertz CT molecular complexity index is 2800. The number of benzene rings is 8. The van der Waals surface area contributed by atoms with Crippen LogP contribution < -0.4 is 4.90 Å². The Hall–Kier alpha value is -7.43. The van der Waals surface area contributed by atoms with Gasteiger partial charge >= 0.3 is 0 Å². The molecule has 0 bridgehead atoms. The molecule has 0 radical (unpaired) electrons. The molecule has 0 unspecified atom stereocenters. The zero-order valence-corrected chi connectivity index (χ0v) is 30.4. The molecule has 0 fully saturated rings. The highest BCUT2D eigenvalue weighted by molar-refractivity contribution is 6.00. The maximum Gasteiger partial charge on any atom is 0.164 e. The average molecular weight is 715 g/mol. The lowest BCUT2D eigenvalue weighted by Gasteiger charge is -2.45. The van der Waals surface area contributed by atoms with E-state index in [1.807, 2.05) is 36.4 Å². The molecule has 1 aromatic heterocycles. The van der Waals surface area contributed by atoms with Crippen LogP contribution in [0.1, 0.15) is 22.3 Å². The highest BCUT2D eigenvalue weighted by atomic mass is 15.2. The van der Waals surface area contributed by atoms with E-state index in [4.69, 9.17) is 15.0 Å². The second-order valence-corrected chi connectivity index (χ2v) is 14.3. The molecule has 56 heavy (non-hydrogen) atoms. The van der Waals surface area contributed by atoms with Crippen LogP contribution in [-0.2, 0) is 5.41 Å².